The minimum absolute atomic E-state index is 0.213. The van der Waals surface area contributed by atoms with Crippen LogP contribution in [0.15, 0.2) is 47.3 Å². The molecule has 27 heavy (non-hydrogen) atoms. The third-order valence-electron chi connectivity index (χ3n) is 3.71. The lowest BCUT2D eigenvalue weighted by Gasteiger charge is -2.10. The normalized spacial score (nSPS) is 11.4. The second-order valence-electron chi connectivity index (χ2n) is 5.58. The fourth-order valence-corrected chi connectivity index (χ4v) is 2.58. The number of hydrogen-bond donors (Lipinski definition) is 2. The van der Waals surface area contributed by atoms with Gasteiger partial charge in [0.25, 0.3) is 11.5 Å². The number of fused-ring (bicyclic) bond motifs is 1. The molecule has 6 nitrogen and oxygen atoms in total. The van der Waals surface area contributed by atoms with Gasteiger partial charge in [0, 0.05) is 18.3 Å². The number of aromatic amines is 1. The van der Waals surface area contributed by atoms with E-state index < -0.39 is 18.0 Å². The quantitative estimate of drug-likeness (QED) is 0.663. The van der Waals surface area contributed by atoms with Crippen molar-refractivity contribution in [3.8, 4) is 5.75 Å². The number of ether oxygens (including phenoxy) is 1. The Labute approximate surface area is 155 Å². The summed E-state index contributed by atoms with van der Waals surface area (Å²) in [6.45, 7) is 0. The van der Waals surface area contributed by atoms with E-state index >= 15 is 0 Å². The highest BCUT2D eigenvalue weighted by atomic mass is 32.1. The predicted molar refractivity (Wildman–Crippen MR) is 95.5 cm³/mol. The van der Waals surface area contributed by atoms with Crippen LogP contribution in [-0.2, 0) is 7.05 Å². The van der Waals surface area contributed by atoms with Crippen LogP contribution in [-0.4, -0.2) is 21.8 Å². The number of halogens is 3. The van der Waals surface area contributed by atoms with Crippen molar-refractivity contribution in [3.05, 3.63) is 63.2 Å². The standard InChI is InChI=1S/C17H12F3N3O3S/c1-23-15(25)12-7-2-9(8-13(12)22-16(23)27)14(24)21-10-3-5-11(6-4-10)26-17(18,19)20/h2-8H,1H3,(H,21,24)(H,22,27). The molecular formula is C17H12F3N3O3S. The number of aromatic nitrogens is 2. The van der Waals surface area contributed by atoms with E-state index in [4.69, 9.17) is 12.2 Å². The number of benzene rings is 2. The zero-order chi connectivity index (χ0) is 19.8. The third-order valence-corrected chi connectivity index (χ3v) is 4.08. The Kier molecular flexibility index (Phi) is 4.75. The van der Waals surface area contributed by atoms with Gasteiger partial charge in [-0.05, 0) is 54.7 Å². The summed E-state index contributed by atoms with van der Waals surface area (Å²) in [5, 5.41) is 2.93. The molecule has 2 aromatic carbocycles. The summed E-state index contributed by atoms with van der Waals surface area (Å²) in [5.41, 5.74) is 0.647. The second-order valence-corrected chi connectivity index (χ2v) is 5.97. The van der Waals surface area contributed by atoms with Gasteiger partial charge in [-0.1, -0.05) is 0 Å². The highest BCUT2D eigenvalue weighted by Crippen LogP contribution is 2.24. The zero-order valence-electron chi connectivity index (χ0n) is 13.8. The Morgan fingerprint density at radius 1 is 1.19 bits per heavy atom. The Balaban J connectivity index is 1.83. The summed E-state index contributed by atoms with van der Waals surface area (Å²) >= 11 is 5.05. The van der Waals surface area contributed by atoms with E-state index in [1.54, 1.807) is 0 Å². The number of carbonyl (C=O) groups excluding carboxylic acids is 1. The van der Waals surface area contributed by atoms with Crippen LogP contribution in [0.2, 0.25) is 0 Å². The maximum Gasteiger partial charge on any atom is 0.573 e. The summed E-state index contributed by atoms with van der Waals surface area (Å²) in [7, 11) is 1.54. The molecule has 10 heteroatoms. The van der Waals surface area contributed by atoms with E-state index in [1.165, 1.54) is 41.9 Å². The first-order valence-electron chi connectivity index (χ1n) is 7.54. The summed E-state index contributed by atoms with van der Waals surface area (Å²) in [6.07, 6.45) is -4.78. The first kappa shape index (κ1) is 18.6. The lowest BCUT2D eigenvalue weighted by atomic mass is 10.1. The highest BCUT2D eigenvalue weighted by Gasteiger charge is 2.30. The van der Waals surface area contributed by atoms with E-state index in [9.17, 15) is 22.8 Å². The number of rotatable bonds is 3. The van der Waals surface area contributed by atoms with Crippen LogP contribution < -0.4 is 15.6 Å². The van der Waals surface area contributed by atoms with Gasteiger partial charge in [-0.15, -0.1) is 13.2 Å². The smallest absolute Gasteiger partial charge is 0.406 e. The van der Waals surface area contributed by atoms with Crippen LogP contribution in [0.3, 0.4) is 0 Å². The molecule has 0 aliphatic rings. The van der Waals surface area contributed by atoms with Crippen LogP contribution in [0.5, 0.6) is 5.75 Å². The summed E-state index contributed by atoms with van der Waals surface area (Å²) < 4.78 is 41.7. The molecular weight excluding hydrogens is 383 g/mol. The van der Waals surface area contributed by atoms with Gasteiger partial charge in [0.1, 0.15) is 5.75 Å². The second kappa shape index (κ2) is 6.88. The largest absolute Gasteiger partial charge is 0.573 e. The molecule has 0 saturated carbocycles. The molecule has 0 unspecified atom stereocenters. The minimum atomic E-state index is -4.78. The van der Waals surface area contributed by atoms with Crippen molar-refractivity contribution in [2.24, 2.45) is 7.05 Å². The van der Waals surface area contributed by atoms with Gasteiger partial charge in [0.2, 0.25) is 0 Å². The average molecular weight is 395 g/mol. The van der Waals surface area contributed by atoms with Gasteiger partial charge in [0.15, 0.2) is 4.77 Å². The molecule has 3 aromatic rings. The highest BCUT2D eigenvalue weighted by molar-refractivity contribution is 7.71. The molecule has 2 N–H and O–H groups in total. The average Bonchev–Trinajstić information content (AvgIpc) is 2.60. The Hall–Kier alpha value is -3.14. The molecule has 0 saturated heterocycles. The van der Waals surface area contributed by atoms with Crippen molar-refractivity contribution in [1.82, 2.24) is 9.55 Å². The molecule has 0 spiro atoms. The van der Waals surface area contributed by atoms with Crippen LogP contribution in [0.4, 0.5) is 18.9 Å². The van der Waals surface area contributed by atoms with Crippen molar-refractivity contribution in [3.63, 3.8) is 0 Å². The van der Waals surface area contributed by atoms with E-state index in [-0.39, 0.29) is 21.6 Å². The van der Waals surface area contributed by atoms with Gasteiger partial charge in [-0.3, -0.25) is 14.2 Å². The molecule has 0 bridgehead atoms. The molecule has 1 aromatic heterocycles. The molecule has 3 rings (SSSR count). The van der Waals surface area contributed by atoms with Crippen LogP contribution in [0.1, 0.15) is 10.4 Å². The Morgan fingerprint density at radius 2 is 1.85 bits per heavy atom. The fourth-order valence-electron chi connectivity index (χ4n) is 2.39. The van der Waals surface area contributed by atoms with Crippen LogP contribution in [0, 0.1) is 4.77 Å². The molecule has 1 amide bonds. The number of nitrogens with zero attached hydrogens (tertiary/aromatic N) is 1. The van der Waals surface area contributed by atoms with Crippen LogP contribution >= 0.6 is 12.2 Å². The summed E-state index contributed by atoms with van der Waals surface area (Å²) in [6, 6.07) is 9.18. The number of alkyl halides is 3. The molecule has 140 valence electrons. The van der Waals surface area contributed by atoms with Crippen molar-refractivity contribution in [1.29, 1.82) is 0 Å². The van der Waals surface area contributed by atoms with E-state index in [0.29, 0.717) is 10.9 Å². The lowest BCUT2D eigenvalue weighted by molar-refractivity contribution is -0.274. The minimum Gasteiger partial charge on any atom is -0.406 e. The summed E-state index contributed by atoms with van der Waals surface area (Å²) in [4.78, 5) is 27.4. The molecule has 0 radical (unpaired) electrons. The fraction of sp³-hybridized carbons (Fsp3) is 0.118. The first-order valence-corrected chi connectivity index (χ1v) is 7.95. The molecule has 0 atom stereocenters. The topological polar surface area (TPSA) is 76.1 Å². The molecule has 0 fully saturated rings. The Bertz CT molecular complexity index is 1130. The maximum absolute atomic E-state index is 12.4. The summed E-state index contributed by atoms with van der Waals surface area (Å²) in [5.74, 6) is -0.893. The zero-order valence-corrected chi connectivity index (χ0v) is 14.6. The van der Waals surface area contributed by atoms with Gasteiger partial charge in [-0.25, -0.2) is 0 Å². The monoisotopic (exact) mass is 395 g/mol. The number of nitrogens with one attached hydrogen (secondary N) is 2. The van der Waals surface area contributed by atoms with E-state index in [0.717, 1.165) is 12.1 Å². The SMILES string of the molecule is Cn1c(=S)[nH]c2cc(C(=O)Nc3ccc(OC(F)(F)F)cc3)ccc2c1=O. The van der Waals surface area contributed by atoms with E-state index in [1.807, 2.05) is 0 Å². The van der Waals surface area contributed by atoms with Crippen molar-refractivity contribution in [2.75, 3.05) is 5.32 Å². The maximum atomic E-state index is 12.4. The van der Waals surface area contributed by atoms with Crippen LogP contribution in [0.25, 0.3) is 10.9 Å². The number of H-pyrrole nitrogens is 1. The predicted octanol–water partition coefficient (Wildman–Crippen LogP) is 3.75. The van der Waals surface area contributed by atoms with Gasteiger partial charge in [-0.2, -0.15) is 0 Å². The number of carbonyl (C=O) groups is 1. The van der Waals surface area contributed by atoms with Crippen molar-refractivity contribution >= 4 is 34.7 Å². The van der Waals surface area contributed by atoms with E-state index in [2.05, 4.69) is 15.0 Å². The lowest BCUT2D eigenvalue weighted by Crippen LogP contribution is -2.19. The van der Waals surface area contributed by atoms with Crippen molar-refractivity contribution in [2.45, 2.75) is 6.36 Å². The van der Waals surface area contributed by atoms with Gasteiger partial charge in [0.05, 0.1) is 10.9 Å². The first-order chi connectivity index (χ1) is 12.6. The molecule has 1 heterocycles. The van der Waals surface area contributed by atoms with Crippen molar-refractivity contribution < 1.29 is 22.7 Å². The van der Waals surface area contributed by atoms with Gasteiger partial charge < -0.3 is 15.0 Å². The third kappa shape index (κ3) is 4.17. The Morgan fingerprint density at radius 3 is 2.48 bits per heavy atom. The molecule has 0 aliphatic heterocycles. The number of hydrogen-bond acceptors (Lipinski definition) is 4. The number of amides is 1. The van der Waals surface area contributed by atoms with Gasteiger partial charge >= 0.3 is 6.36 Å². The molecule has 0 aliphatic carbocycles. The number of anilines is 1.